The molecule has 0 bridgehead atoms. The van der Waals surface area contributed by atoms with Crippen LogP contribution in [0.3, 0.4) is 0 Å². The summed E-state index contributed by atoms with van der Waals surface area (Å²) in [5.74, 6) is -1.85. The minimum atomic E-state index is -4.23. The van der Waals surface area contributed by atoms with E-state index in [4.69, 9.17) is 0 Å². The van der Waals surface area contributed by atoms with Gasteiger partial charge in [0.15, 0.2) is 6.23 Å². The Kier molecular flexibility index (Phi) is 7.51. The van der Waals surface area contributed by atoms with Crippen molar-refractivity contribution in [3.63, 3.8) is 0 Å². The van der Waals surface area contributed by atoms with Crippen molar-refractivity contribution in [2.45, 2.75) is 51.4 Å². The number of aliphatic hydroxyl groups is 1. The predicted octanol–water partition coefficient (Wildman–Crippen LogP) is 3.13. The van der Waals surface area contributed by atoms with Crippen molar-refractivity contribution in [2.24, 2.45) is 5.92 Å². The first-order valence-corrected chi connectivity index (χ1v) is 7.57. The first-order valence-electron chi connectivity index (χ1n) is 7.57. The van der Waals surface area contributed by atoms with Crippen molar-refractivity contribution in [3.05, 3.63) is 36.1 Å². The number of allylic oxidation sites excluding steroid dienone is 4. The van der Waals surface area contributed by atoms with E-state index >= 15 is 0 Å². The Labute approximate surface area is 134 Å². The van der Waals surface area contributed by atoms with Gasteiger partial charge in [-0.15, -0.1) is 6.58 Å². The monoisotopic (exact) mass is 332 g/mol. The van der Waals surface area contributed by atoms with Crippen LogP contribution in [-0.4, -0.2) is 23.3 Å². The van der Waals surface area contributed by atoms with Gasteiger partial charge in [0, 0.05) is 11.8 Å². The Morgan fingerprint density at radius 1 is 1.48 bits per heavy atom. The lowest BCUT2D eigenvalue weighted by Gasteiger charge is -2.21. The molecule has 4 nitrogen and oxygen atoms in total. The van der Waals surface area contributed by atoms with Gasteiger partial charge in [0.1, 0.15) is 0 Å². The predicted molar refractivity (Wildman–Crippen MR) is 82.0 cm³/mol. The van der Waals surface area contributed by atoms with Crippen LogP contribution in [-0.2, 0) is 4.79 Å². The number of hydrogen-bond donors (Lipinski definition) is 3. The van der Waals surface area contributed by atoms with Crippen molar-refractivity contribution < 1.29 is 23.1 Å². The number of hydrazine groups is 1. The van der Waals surface area contributed by atoms with E-state index in [0.29, 0.717) is 25.0 Å². The minimum Gasteiger partial charge on any atom is -0.370 e. The smallest absolute Gasteiger partial charge is 0.370 e. The second-order valence-corrected chi connectivity index (χ2v) is 5.46. The molecule has 0 aromatic carbocycles. The molecule has 2 unspecified atom stereocenters. The first kappa shape index (κ1) is 19.4. The third-order valence-electron chi connectivity index (χ3n) is 3.73. The highest BCUT2D eigenvalue weighted by molar-refractivity contribution is 5.94. The lowest BCUT2D eigenvalue weighted by atomic mass is 9.96. The number of aliphatic hydroxyl groups excluding tert-OH is 1. The lowest BCUT2D eigenvalue weighted by Crippen LogP contribution is -2.48. The Hall–Kier alpha value is -1.60. The molecular formula is C16H23F3N2O2. The number of carbonyl (C=O) groups excluding carboxylic acids is 1. The zero-order valence-corrected chi connectivity index (χ0v) is 13.1. The highest BCUT2D eigenvalue weighted by atomic mass is 19.4. The summed E-state index contributed by atoms with van der Waals surface area (Å²) in [5.41, 5.74) is 6.64. The summed E-state index contributed by atoms with van der Waals surface area (Å²) in [5, 5.41) is 9.20. The van der Waals surface area contributed by atoms with Gasteiger partial charge in [-0.3, -0.25) is 4.79 Å². The van der Waals surface area contributed by atoms with E-state index in [1.54, 1.807) is 6.08 Å². The van der Waals surface area contributed by atoms with Gasteiger partial charge in [0.05, 0.1) is 5.92 Å². The Balaban J connectivity index is 2.60. The molecule has 0 spiro atoms. The van der Waals surface area contributed by atoms with E-state index in [1.807, 2.05) is 6.92 Å². The zero-order chi connectivity index (χ0) is 17.5. The number of ketones is 1. The van der Waals surface area contributed by atoms with Crippen LogP contribution in [0.5, 0.6) is 0 Å². The molecule has 1 aliphatic rings. The maximum Gasteiger partial charge on any atom is 0.392 e. The second kappa shape index (κ2) is 8.88. The van der Waals surface area contributed by atoms with Gasteiger partial charge in [0.2, 0.25) is 5.78 Å². The number of nitrogens with one attached hydrogen (secondary N) is 2. The van der Waals surface area contributed by atoms with Gasteiger partial charge in [-0.05, 0) is 32.1 Å². The number of halogens is 3. The van der Waals surface area contributed by atoms with Crippen LogP contribution in [0.4, 0.5) is 13.2 Å². The maximum atomic E-state index is 12.9. The number of alkyl halides is 3. The molecule has 2 atom stereocenters. The average molecular weight is 332 g/mol. The quantitative estimate of drug-likeness (QED) is 0.598. The molecule has 0 saturated heterocycles. The van der Waals surface area contributed by atoms with Gasteiger partial charge in [0.25, 0.3) is 0 Å². The fraction of sp³-hybridized carbons (Fsp3) is 0.562. The molecule has 0 radical (unpaired) electrons. The number of hydrogen-bond acceptors (Lipinski definition) is 4. The molecular weight excluding hydrogens is 309 g/mol. The molecule has 0 aromatic rings. The van der Waals surface area contributed by atoms with E-state index in [9.17, 15) is 23.1 Å². The molecule has 0 fully saturated rings. The summed E-state index contributed by atoms with van der Waals surface area (Å²) < 4.78 is 38.6. The molecule has 130 valence electrons. The minimum absolute atomic E-state index is 0.0684. The van der Waals surface area contributed by atoms with Crippen LogP contribution in [0, 0.1) is 5.92 Å². The molecule has 1 rings (SSSR count). The molecule has 1 aliphatic heterocycles. The molecule has 3 N–H and O–H groups in total. The summed E-state index contributed by atoms with van der Waals surface area (Å²) in [6.07, 6.45) is 0.269. The largest absolute Gasteiger partial charge is 0.392 e. The van der Waals surface area contributed by atoms with E-state index in [1.165, 1.54) is 12.2 Å². The highest BCUT2D eigenvalue weighted by Gasteiger charge is 2.37. The summed E-state index contributed by atoms with van der Waals surface area (Å²) in [6, 6.07) is 0. The van der Waals surface area contributed by atoms with Crippen LogP contribution >= 0.6 is 0 Å². The normalized spacial score (nSPS) is 20.7. The standard InChI is InChI=1S/C16H23F3N2O2/c1-3-5-12(16(17,18)19)8-6-11(4-2)7-9-13-10-14(22)15(23)21-20-13/h3,6,10,12,15,20-21,23H,1,4-5,7-9H2,2H3/b11-6+. The van der Waals surface area contributed by atoms with Crippen molar-refractivity contribution in [1.29, 1.82) is 0 Å². The van der Waals surface area contributed by atoms with E-state index < -0.39 is 24.1 Å². The van der Waals surface area contributed by atoms with Crippen LogP contribution < -0.4 is 10.9 Å². The lowest BCUT2D eigenvalue weighted by molar-refractivity contribution is -0.172. The Morgan fingerprint density at radius 2 is 2.17 bits per heavy atom. The molecule has 0 aromatic heterocycles. The fourth-order valence-corrected chi connectivity index (χ4v) is 2.25. The summed E-state index contributed by atoms with van der Waals surface area (Å²) in [6.45, 7) is 5.26. The SMILES string of the molecule is C=CCC(C/C=C(\CC)CCC1=CC(=O)C(O)NN1)C(F)(F)F. The second-order valence-electron chi connectivity index (χ2n) is 5.46. The van der Waals surface area contributed by atoms with E-state index in [0.717, 1.165) is 5.57 Å². The van der Waals surface area contributed by atoms with Crippen molar-refractivity contribution in [2.75, 3.05) is 0 Å². The topological polar surface area (TPSA) is 61.4 Å². The van der Waals surface area contributed by atoms with E-state index in [2.05, 4.69) is 17.4 Å². The third kappa shape index (κ3) is 6.58. The van der Waals surface area contributed by atoms with E-state index in [-0.39, 0.29) is 12.8 Å². The summed E-state index contributed by atoms with van der Waals surface area (Å²) in [7, 11) is 0. The maximum absolute atomic E-state index is 12.9. The molecule has 23 heavy (non-hydrogen) atoms. The third-order valence-corrected chi connectivity index (χ3v) is 3.73. The molecule has 0 aliphatic carbocycles. The molecule has 1 heterocycles. The van der Waals surface area contributed by atoms with Gasteiger partial charge in [-0.2, -0.15) is 13.2 Å². The van der Waals surface area contributed by atoms with Gasteiger partial charge in [-0.1, -0.05) is 24.6 Å². The van der Waals surface area contributed by atoms with Crippen LogP contribution in [0.25, 0.3) is 0 Å². The van der Waals surface area contributed by atoms with Gasteiger partial charge in [-0.25, -0.2) is 5.43 Å². The Morgan fingerprint density at radius 3 is 2.70 bits per heavy atom. The summed E-state index contributed by atoms with van der Waals surface area (Å²) in [4.78, 5) is 11.3. The van der Waals surface area contributed by atoms with Crippen LogP contribution in [0.1, 0.15) is 39.0 Å². The highest BCUT2D eigenvalue weighted by Crippen LogP contribution is 2.32. The van der Waals surface area contributed by atoms with Gasteiger partial charge < -0.3 is 10.5 Å². The fourth-order valence-electron chi connectivity index (χ4n) is 2.25. The Bertz CT molecular complexity index is 484. The van der Waals surface area contributed by atoms with Gasteiger partial charge >= 0.3 is 6.18 Å². The van der Waals surface area contributed by atoms with Crippen LogP contribution in [0.15, 0.2) is 36.1 Å². The molecule has 0 saturated carbocycles. The summed E-state index contributed by atoms with van der Waals surface area (Å²) >= 11 is 0. The first-order chi connectivity index (χ1) is 10.8. The average Bonchev–Trinajstić information content (AvgIpc) is 2.48. The molecule has 7 heteroatoms. The number of carbonyl (C=O) groups is 1. The van der Waals surface area contributed by atoms with Crippen molar-refractivity contribution >= 4 is 5.78 Å². The zero-order valence-electron chi connectivity index (χ0n) is 13.1. The van der Waals surface area contributed by atoms with Crippen molar-refractivity contribution in [3.8, 4) is 0 Å². The van der Waals surface area contributed by atoms with Crippen molar-refractivity contribution in [1.82, 2.24) is 10.9 Å². The number of rotatable bonds is 8. The van der Waals surface area contributed by atoms with Crippen LogP contribution in [0.2, 0.25) is 0 Å². The molecule has 0 amide bonds.